The molecule has 8 heavy (non-hydrogen) atoms. The predicted molar refractivity (Wildman–Crippen MR) is 46.2 cm³/mol. The summed E-state index contributed by atoms with van der Waals surface area (Å²) in [5.41, 5.74) is 0. The molecular formula is C5H12Br2O. The molecule has 3 heteroatoms. The number of carbonyl (C=O) groups is 1. The molecule has 0 N–H and O–H groups in total. The zero-order valence-electron chi connectivity index (χ0n) is 5.14. The lowest BCUT2D eigenvalue weighted by molar-refractivity contribution is -0.118. The van der Waals surface area contributed by atoms with Gasteiger partial charge in [0.2, 0.25) is 0 Å². The maximum absolute atomic E-state index is 10.2. The topological polar surface area (TPSA) is 17.1 Å². The van der Waals surface area contributed by atoms with E-state index < -0.39 is 0 Å². The van der Waals surface area contributed by atoms with Gasteiger partial charge in [0.1, 0.15) is 5.78 Å². The number of ketones is 1. The van der Waals surface area contributed by atoms with Crippen LogP contribution in [0.3, 0.4) is 0 Å². The molecule has 0 saturated heterocycles. The van der Waals surface area contributed by atoms with Gasteiger partial charge >= 0.3 is 0 Å². The van der Waals surface area contributed by atoms with Gasteiger partial charge in [0, 0.05) is 12.8 Å². The third-order valence-corrected chi connectivity index (χ3v) is 0.789. The molecule has 0 aromatic rings. The number of carbonyl (C=O) groups excluding carboxylic acids is 1. The van der Waals surface area contributed by atoms with Crippen LogP contribution in [0.4, 0.5) is 0 Å². The molecule has 0 bridgehead atoms. The Kier molecular flexibility index (Phi) is 21.0. The zero-order valence-corrected chi connectivity index (χ0v) is 8.57. The van der Waals surface area contributed by atoms with E-state index in [-0.39, 0.29) is 34.0 Å². The largest absolute Gasteiger partial charge is 0.300 e. The first-order valence-corrected chi connectivity index (χ1v) is 2.33. The molecule has 0 fully saturated rings. The van der Waals surface area contributed by atoms with Crippen molar-refractivity contribution in [1.82, 2.24) is 0 Å². The highest BCUT2D eigenvalue weighted by Crippen LogP contribution is 1.82. The van der Waals surface area contributed by atoms with Crippen molar-refractivity contribution < 1.29 is 4.79 Å². The summed E-state index contributed by atoms with van der Waals surface area (Å²) in [6.07, 6.45) is 1.38. The van der Waals surface area contributed by atoms with Crippen molar-refractivity contribution in [3.8, 4) is 0 Å². The van der Waals surface area contributed by atoms with Crippen LogP contribution in [0.2, 0.25) is 0 Å². The van der Waals surface area contributed by atoms with Crippen LogP contribution in [-0.2, 0) is 4.79 Å². The Morgan fingerprint density at radius 2 is 1.38 bits per heavy atom. The van der Waals surface area contributed by atoms with E-state index in [0.717, 1.165) is 0 Å². The summed E-state index contributed by atoms with van der Waals surface area (Å²) in [7, 11) is 0. The molecule has 0 aliphatic carbocycles. The number of rotatable bonds is 2. The van der Waals surface area contributed by atoms with E-state index in [9.17, 15) is 4.79 Å². The Morgan fingerprint density at radius 1 is 1.12 bits per heavy atom. The smallest absolute Gasteiger partial charge is 0.132 e. The van der Waals surface area contributed by atoms with Crippen LogP contribution < -0.4 is 0 Å². The van der Waals surface area contributed by atoms with Crippen molar-refractivity contribution in [3.05, 3.63) is 0 Å². The van der Waals surface area contributed by atoms with Gasteiger partial charge in [-0.2, -0.15) is 0 Å². The Balaban J connectivity index is -0.000000125. The minimum absolute atomic E-state index is 0. The maximum Gasteiger partial charge on any atom is 0.132 e. The molecule has 0 aliphatic heterocycles. The lowest BCUT2D eigenvalue weighted by Gasteiger charge is -1.81. The summed E-state index contributed by atoms with van der Waals surface area (Å²) < 4.78 is 0. The van der Waals surface area contributed by atoms with E-state index in [1.165, 1.54) is 0 Å². The molecule has 0 amide bonds. The van der Waals surface area contributed by atoms with Crippen LogP contribution in [0, 0.1) is 0 Å². The standard InChI is InChI=1S/C5H10O.2BrH/c1-3-5(6)4-2;;/h3-4H2,1-2H3;2*1H. The number of halogens is 2. The fourth-order valence-electron chi connectivity index (χ4n) is 0.250. The second kappa shape index (κ2) is 10.6. The third-order valence-electron chi connectivity index (χ3n) is 0.789. The van der Waals surface area contributed by atoms with Crippen LogP contribution in [0.1, 0.15) is 26.7 Å². The third kappa shape index (κ3) is 9.80. The molecule has 52 valence electrons. The molecule has 0 atom stereocenters. The highest BCUT2D eigenvalue weighted by Gasteiger charge is 1.86. The SMILES string of the molecule is Br.Br.CCC(=O)CC. The summed E-state index contributed by atoms with van der Waals surface area (Å²) in [6, 6.07) is 0. The Morgan fingerprint density at radius 3 is 1.38 bits per heavy atom. The highest BCUT2D eigenvalue weighted by atomic mass is 79.9. The van der Waals surface area contributed by atoms with Gasteiger partial charge in [0.15, 0.2) is 0 Å². The van der Waals surface area contributed by atoms with E-state index in [4.69, 9.17) is 0 Å². The quantitative estimate of drug-likeness (QED) is 0.733. The molecule has 1 nitrogen and oxygen atoms in total. The molecule has 0 rings (SSSR count). The average molecular weight is 248 g/mol. The number of Topliss-reactive ketones (excluding diaryl/α,β-unsaturated/α-hetero) is 1. The monoisotopic (exact) mass is 246 g/mol. The summed E-state index contributed by atoms with van der Waals surface area (Å²) in [6.45, 7) is 3.76. The lowest BCUT2D eigenvalue weighted by atomic mass is 10.3. The minimum Gasteiger partial charge on any atom is -0.300 e. The molecule has 0 spiro atoms. The van der Waals surface area contributed by atoms with E-state index in [2.05, 4.69) is 0 Å². The Hall–Kier alpha value is 0.630. The van der Waals surface area contributed by atoms with Gasteiger partial charge in [0.25, 0.3) is 0 Å². The first-order chi connectivity index (χ1) is 2.81. The second-order valence-electron chi connectivity index (χ2n) is 1.25. The Bertz CT molecular complexity index is 48.4. The van der Waals surface area contributed by atoms with Gasteiger partial charge in [-0.15, -0.1) is 34.0 Å². The minimum atomic E-state index is 0. The lowest BCUT2D eigenvalue weighted by Crippen LogP contribution is -1.88. The molecule has 0 aliphatic rings. The predicted octanol–water partition coefficient (Wildman–Crippen LogP) is 2.53. The van der Waals surface area contributed by atoms with Gasteiger partial charge in [-0.1, -0.05) is 13.8 Å². The van der Waals surface area contributed by atoms with Crippen LogP contribution in [0.25, 0.3) is 0 Å². The van der Waals surface area contributed by atoms with Gasteiger partial charge < -0.3 is 0 Å². The zero-order chi connectivity index (χ0) is 4.99. The molecular weight excluding hydrogens is 236 g/mol. The van der Waals surface area contributed by atoms with Crippen molar-refractivity contribution in [2.75, 3.05) is 0 Å². The van der Waals surface area contributed by atoms with E-state index in [1.807, 2.05) is 13.8 Å². The van der Waals surface area contributed by atoms with Gasteiger partial charge in [0.05, 0.1) is 0 Å². The van der Waals surface area contributed by atoms with Crippen molar-refractivity contribution in [2.45, 2.75) is 26.7 Å². The van der Waals surface area contributed by atoms with Crippen molar-refractivity contribution in [1.29, 1.82) is 0 Å². The van der Waals surface area contributed by atoms with Gasteiger partial charge in [-0.25, -0.2) is 0 Å². The van der Waals surface area contributed by atoms with Crippen LogP contribution in [0.15, 0.2) is 0 Å². The second-order valence-corrected chi connectivity index (χ2v) is 1.25. The van der Waals surface area contributed by atoms with Crippen molar-refractivity contribution >= 4 is 39.7 Å². The summed E-state index contributed by atoms with van der Waals surface area (Å²) in [4.78, 5) is 10.2. The van der Waals surface area contributed by atoms with E-state index in [1.54, 1.807) is 0 Å². The number of hydrogen-bond donors (Lipinski definition) is 0. The Labute approximate surface area is 71.4 Å². The number of hydrogen-bond acceptors (Lipinski definition) is 1. The highest BCUT2D eigenvalue weighted by molar-refractivity contribution is 8.93. The van der Waals surface area contributed by atoms with Crippen LogP contribution in [0.5, 0.6) is 0 Å². The van der Waals surface area contributed by atoms with Crippen molar-refractivity contribution in [2.24, 2.45) is 0 Å². The van der Waals surface area contributed by atoms with E-state index >= 15 is 0 Å². The molecule has 0 unspecified atom stereocenters. The molecule has 0 radical (unpaired) electrons. The first kappa shape index (κ1) is 15.9. The van der Waals surface area contributed by atoms with Gasteiger partial charge in [-0.05, 0) is 0 Å². The summed E-state index contributed by atoms with van der Waals surface area (Å²) in [5.74, 6) is 0.343. The molecule has 0 saturated carbocycles. The summed E-state index contributed by atoms with van der Waals surface area (Å²) >= 11 is 0. The average Bonchev–Trinajstić information content (AvgIpc) is 1.65. The fraction of sp³-hybridized carbons (Fsp3) is 0.800. The van der Waals surface area contributed by atoms with Crippen LogP contribution in [-0.4, -0.2) is 5.78 Å². The molecule has 0 aromatic carbocycles. The fourth-order valence-corrected chi connectivity index (χ4v) is 0.250. The molecule has 0 aromatic heterocycles. The maximum atomic E-state index is 10.2. The van der Waals surface area contributed by atoms with E-state index in [0.29, 0.717) is 18.6 Å². The first-order valence-electron chi connectivity index (χ1n) is 2.33. The normalized spacial score (nSPS) is 6.25. The van der Waals surface area contributed by atoms with Crippen molar-refractivity contribution in [3.63, 3.8) is 0 Å². The molecule has 0 heterocycles. The van der Waals surface area contributed by atoms with Crippen LogP contribution >= 0.6 is 34.0 Å². The van der Waals surface area contributed by atoms with Gasteiger partial charge in [-0.3, -0.25) is 4.79 Å². The summed E-state index contributed by atoms with van der Waals surface area (Å²) in [5, 5.41) is 0.